The van der Waals surface area contributed by atoms with Gasteiger partial charge in [-0.05, 0) is 55.9 Å². The Kier molecular flexibility index (Phi) is 5.02. The first-order chi connectivity index (χ1) is 13.2. The fourth-order valence-electron chi connectivity index (χ4n) is 5.61. The van der Waals surface area contributed by atoms with E-state index in [4.69, 9.17) is 4.74 Å². The standard InChI is InChI=1S/C21H30N2O4S/c1-20(2)15-10-11-21(20,18(24)13-15)14-28(25,26)23-16-6-8-17(9-7-16)27-19-5-3-4-12-22-19/h3-5,12,15-17,23H,6-11,13-14H2,1-2H3. The van der Waals surface area contributed by atoms with E-state index in [0.29, 0.717) is 24.6 Å². The van der Waals surface area contributed by atoms with Crippen molar-refractivity contribution in [1.82, 2.24) is 9.71 Å². The lowest BCUT2D eigenvalue weighted by Gasteiger charge is -2.37. The number of carbonyl (C=O) groups is 1. The molecule has 0 aliphatic heterocycles. The van der Waals surface area contributed by atoms with Crippen LogP contribution in [0.4, 0.5) is 0 Å². The highest BCUT2D eigenvalue weighted by atomic mass is 32.2. The first-order valence-corrected chi connectivity index (χ1v) is 12.0. The van der Waals surface area contributed by atoms with Crippen LogP contribution in [0.5, 0.6) is 5.88 Å². The molecule has 0 amide bonds. The van der Waals surface area contributed by atoms with Gasteiger partial charge in [-0.15, -0.1) is 0 Å². The molecular formula is C21H30N2O4S. The molecule has 154 valence electrons. The Morgan fingerprint density at radius 2 is 1.93 bits per heavy atom. The Morgan fingerprint density at radius 3 is 2.50 bits per heavy atom. The molecule has 1 aromatic rings. The van der Waals surface area contributed by atoms with Gasteiger partial charge in [-0.25, -0.2) is 18.1 Å². The zero-order chi connectivity index (χ0) is 20.0. The van der Waals surface area contributed by atoms with Gasteiger partial charge in [0.05, 0.1) is 5.75 Å². The number of pyridine rings is 1. The van der Waals surface area contributed by atoms with E-state index in [-0.39, 0.29) is 29.1 Å². The number of Topliss-reactive ketones (excluding diaryl/α,β-unsaturated/α-hetero) is 1. The fourth-order valence-corrected chi connectivity index (χ4v) is 7.77. The average Bonchev–Trinajstić information content (AvgIpc) is 2.98. The third-order valence-electron chi connectivity index (χ3n) is 7.52. The SMILES string of the molecule is CC1(C)C2CCC1(CS(=O)(=O)NC1CCC(Oc3ccccn3)CC1)C(=O)C2. The maximum absolute atomic E-state index is 12.9. The summed E-state index contributed by atoms with van der Waals surface area (Å²) in [6, 6.07) is 5.49. The summed E-state index contributed by atoms with van der Waals surface area (Å²) in [5.41, 5.74) is -0.935. The summed E-state index contributed by atoms with van der Waals surface area (Å²) in [5.74, 6) is 1.02. The zero-order valence-corrected chi connectivity index (χ0v) is 17.5. The van der Waals surface area contributed by atoms with Crippen LogP contribution >= 0.6 is 0 Å². The number of ether oxygens (including phenoxy) is 1. The summed E-state index contributed by atoms with van der Waals surface area (Å²) in [6.45, 7) is 4.15. The molecule has 7 heteroatoms. The van der Waals surface area contributed by atoms with Crippen molar-refractivity contribution in [3.63, 3.8) is 0 Å². The van der Waals surface area contributed by atoms with E-state index < -0.39 is 15.4 Å². The first-order valence-electron chi connectivity index (χ1n) is 10.3. The third kappa shape index (κ3) is 3.47. The van der Waals surface area contributed by atoms with Gasteiger partial charge in [-0.1, -0.05) is 19.9 Å². The lowest BCUT2D eigenvalue weighted by molar-refractivity contribution is -0.128. The molecule has 3 aliphatic rings. The molecule has 28 heavy (non-hydrogen) atoms. The Bertz CT molecular complexity index is 831. The van der Waals surface area contributed by atoms with Gasteiger partial charge in [-0.3, -0.25) is 4.79 Å². The minimum absolute atomic E-state index is 0.0628. The highest BCUT2D eigenvalue weighted by Crippen LogP contribution is 2.64. The van der Waals surface area contributed by atoms with Gasteiger partial charge in [0.1, 0.15) is 11.9 Å². The molecule has 6 nitrogen and oxygen atoms in total. The van der Waals surface area contributed by atoms with E-state index in [2.05, 4.69) is 23.6 Å². The molecule has 0 saturated heterocycles. The molecule has 0 spiro atoms. The van der Waals surface area contributed by atoms with Crippen molar-refractivity contribution in [3.05, 3.63) is 24.4 Å². The summed E-state index contributed by atoms with van der Waals surface area (Å²) in [6.07, 6.45) is 7.04. The van der Waals surface area contributed by atoms with E-state index >= 15 is 0 Å². The Hall–Kier alpha value is -1.47. The zero-order valence-electron chi connectivity index (χ0n) is 16.7. The van der Waals surface area contributed by atoms with Crippen LogP contribution in [0.15, 0.2) is 24.4 Å². The number of sulfonamides is 1. The van der Waals surface area contributed by atoms with Crippen molar-refractivity contribution in [2.24, 2.45) is 16.7 Å². The smallest absolute Gasteiger partial charge is 0.213 e. The molecule has 2 unspecified atom stereocenters. The van der Waals surface area contributed by atoms with E-state index in [1.807, 2.05) is 18.2 Å². The third-order valence-corrected chi connectivity index (χ3v) is 9.09. The quantitative estimate of drug-likeness (QED) is 0.785. The van der Waals surface area contributed by atoms with Gasteiger partial charge in [-0.2, -0.15) is 0 Å². The molecule has 2 bridgehead atoms. The van der Waals surface area contributed by atoms with Gasteiger partial charge in [0.2, 0.25) is 15.9 Å². The summed E-state index contributed by atoms with van der Waals surface area (Å²) >= 11 is 0. The molecule has 3 saturated carbocycles. The molecule has 1 aromatic heterocycles. The van der Waals surface area contributed by atoms with Gasteiger partial charge in [0.15, 0.2) is 0 Å². The number of carbonyl (C=O) groups excluding carboxylic acids is 1. The highest BCUT2D eigenvalue weighted by molar-refractivity contribution is 7.89. The van der Waals surface area contributed by atoms with E-state index in [0.717, 1.165) is 32.1 Å². The van der Waals surface area contributed by atoms with Crippen LogP contribution in [-0.4, -0.2) is 37.1 Å². The minimum Gasteiger partial charge on any atom is -0.474 e. The normalized spacial score (nSPS) is 34.5. The molecule has 0 radical (unpaired) electrons. The van der Waals surface area contributed by atoms with Crippen molar-refractivity contribution < 1.29 is 17.9 Å². The number of nitrogens with one attached hydrogen (secondary N) is 1. The van der Waals surface area contributed by atoms with Gasteiger partial charge >= 0.3 is 0 Å². The largest absolute Gasteiger partial charge is 0.474 e. The predicted molar refractivity (Wildman–Crippen MR) is 106 cm³/mol. The monoisotopic (exact) mass is 406 g/mol. The van der Waals surface area contributed by atoms with E-state index in [1.54, 1.807) is 6.20 Å². The van der Waals surface area contributed by atoms with E-state index in [1.165, 1.54) is 0 Å². The fraction of sp³-hybridized carbons (Fsp3) is 0.714. The molecular weight excluding hydrogens is 376 g/mol. The Balaban J connectivity index is 1.34. The van der Waals surface area contributed by atoms with Crippen LogP contribution in [0.2, 0.25) is 0 Å². The lowest BCUT2D eigenvalue weighted by atomic mass is 9.70. The van der Waals surface area contributed by atoms with E-state index in [9.17, 15) is 13.2 Å². The molecule has 1 N–H and O–H groups in total. The topological polar surface area (TPSA) is 85.4 Å². The van der Waals surface area contributed by atoms with Crippen molar-refractivity contribution in [2.75, 3.05) is 5.75 Å². The van der Waals surface area contributed by atoms with Crippen LogP contribution in [0.25, 0.3) is 0 Å². The molecule has 4 rings (SSSR count). The lowest BCUT2D eigenvalue weighted by Crippen LogP contribution is -2.48. The van der Waals surface area contributed by atoms with Crippen molar-refractivity contribution in [1.29, 1.82) is 0 Å². The molecule has 3 aliphatic carbocycles. The average molecular weight is 407 g/mol. The molecule has 1 heterocycles. The van der Waals surface area contributed by atoms with Crippen LogP contribution in [0.1, 0.15) is 58.8 Å². The Labute approximate surface area is 167 Å². The van der Waals surface area contributed by atoms with Crippen molar-refractivity contribution in [2.45, 2.75) is 70.9 Å². The van der Waals surface area contributed by atoms with Crippen LogP contribution in [-0.2, 0) is 14.8 Å². The second-order valence-electron chi connectivity index (χ2n) is 9.30. The minimum atomic E-state index is -3.51. The number of rotatable bonds is 6. The van der Waals surface area contributed by atoms with Gasteiger partial charge in [0, 0.05) is 30.1 Å². The second kappa shape index (κ2) is 7.10. The van der Waals surface area contributed by atoms with Crippen molar-refractivity contribution in [3.8, 4) is 5.88 Å². The number of aromatic nitrogens is 1. The van der Waals surface area contributed by atoms with Crippen LogP contribution < -0.4 is 9.46 Å². The number of hydrogen-bond donors (Lipinski definition) is 1. The Morgan fingerprint density at radius 1 is 1.18 bits per heavy atom. The molecule has 0 aromatic carbocycles. The summed E-state index contributed by atoms with van der Waals surface area (Å²) in [5, 5.41) is 0. The number of ketones is 1. The summed E-state index contributed by atoms with van der Waals surface area (Å²) in [7, 11) is -3.51. The summed E-state index contributed by atoms with van der Waals surface area (Å²) < 4.78 is 34.7. The van der Waals surface area contributed by atoms with Crippen LogP contribution in [0, 0.1) is 16.7 Å². The maximum atomic E-state index is 12.9. The predicted octanol–water partition coefficient (Wildman–Crippen LogP) is 3.09. The van der Waals surface area contributed by atoms with Crippen molar-refractivity contribution >= 4 is 15.8 Å². The summed E-state index contributed by atoms with van der Waals surface area (Å²) in [4.78, 5) is 16.8. The van der Waals surface area contributed by atoms with Crippen LogP contribution in [0.3, 0.4) is 0 Å². The first kappa shape index (κ1) is 19.8. The second-order valence-corrected chi connectivity index (χ2v) is 11.1. The maximum Gasteiger partial charge on any atom is 0.213 e. The van der Waals surface area contributed by atoms with Gasteiger partial charge in [0.25, 0.3) is 0 Å². The molecule has 3 fully saturated rings. The number of hydrogen-bond acceptors (Lipinski definition) is 5. The number of fused-ring (bicyclic) bond motifs is 2. The number of nitrogens with zero attached hydrogens (tertiary/aromatic N) is 1. The highest BCUT2D eigenvalue weighted by Gasteiger charge is 2.65. The van der Waals surface area contributed by atoms with Gasteiger partial charge < -0.3 is 4.74 Å². The molecule has 2 atom stereocenters.